The van der Waals surface area contributed by atoms with Crippen molar-refractivity contribution in [3.8, 4) is 0 Å². The second-order valence-electron chi connectivity index (χ2n) is 4.73. The minimum atomic E-state index is 0.838. The molecule has 0 saturated heterocycles. The molecule has 0 aromatic heterocycles. The summed E-state index contributed by atoms with van der Waals surface area (Å²) in [6.45, 7) is 7.84. The minimum Gasteiger partial charge on any atom is -0.399 e. The number of hydrogen-bond donors (Lipinski definition) is 1. The number of nitrogens with two attached hydrogens (primary N) is 1. The standard InChI is InChI=1S/C11H14.C7H9N/c1-3-4-7-11-8-5-6-10(2)9-11;1-6-3-2-4-7(8)5-6/h3,5-6,8-9H,1,4,7H2,2H3;2-5H,8H2,1H3. The first-order valence-electron chi connectivity index (χ1n) is 6.60. The Morgan fingerprint density at radius 2 is 1.63 bits per heavy atom. The summed E-state index contributed by atoms with van der Waals surface area (Å²) in [5.74, 6) is 0. The fraction of sp³-hybridized carbons (Fsp3) is 0.222. The van der Waals surface area contributed by atoms with Crippen LogP contribution in [0.25, 0.3) is 0 Å². The number of nitrogen functional groups attached to an aromatic ring is 1. The van der Waals surface area contributed by atoms with Crippen LogP contribution >= 0.6 is 0 Å². The van der Waals surface area contributed by atoms with Gasteiger partial charge in [-0.1, -0.05) is 48.0 Å². The van der Waals surface area contributed by atoms with Crippen molar-refractivity contribution in [2.45, 2.75) is 26.7 Å². The fourth-order valence-electron chi connectivity index (χ4n) is 1.81. The molecule has 0 fully saturated rings. The third kappa shape index (κ3) is 6.46. The van der Waals surface area contributed by atoms with E-state index in [1.165, 1.54) is 16.7 Å². The van der Waals surface area contributed by atoms with Crippen molar-refractivity contribution in [2.24, 2.45) is 0 Å². The van der Waals surface area contributed by atoms with Gasteiger partial charge in [0.05, 0.1) is 0 Å². The number of anilines is 1. The normalized spacial score (nSPS) is 9.37. The Hall–Kier alpha value is -2.02. The first kappa shape index (κ1) is 15.0. The van der Waals surface area contributed by atoms with Crippen LogP contribution in [0, 0.1) is 13.8 Å². The molecule has 0 spiro atoms. The van der Waals surface area contributed by atoms with Crippen LogP contribution < -0.4 is 5.73 Å². The molecule has 2 aromatic carbocycles. The second-order valence-corrected chi connectivity index (χ2v) is 4.73. The molecule has 2 N–H and O–H groups in total. The number of benzene rings is 2. The molecule has 2 aromatic rings. The van der Waals surface area contributed by atoms with Crippen LogP contribution in [-0.4, -0.2) is 0 Å². The van der Waals surface area contributed by atoms with Gasteiger partial charge in [0.2, 0.25) is 0 Å². The smallest absolute Gasteiger partial charge is 0.0316 e. The maximum Gasteiger partial charge on any atom is 0.0316 e. The average Bonchev–Trinajstić information content (AvgIpc) is 2.37. The number of hydrogen-bond acceptors (Lipinski definition) is 1. The van der Waals surface area contributed by atoms with Crippen LogP contribution in [0.4, 0.5) is 5.69 Å². The van der Waals surface area contributed by atoms with E-state index in [0.29, 0.717) is 0 Å². The van der Waals surface area contributed by atoms with Gasteiger partial charge in [0, 0.05) is 5.69 Å². The highest BCUT2D eigenvalue weighted by molar-refractivity contribution is 5.39. The van der Waals surface area contributed by atoms with E-state index in [1.807, 2.05) is 37.3 Å². The molecule has 19 heavy (non-hydrogen) atoms. The summed E-state index contributed by atoms with van der Waals surface area (Å²) in [7, 11) is 0. The van der Waals surface area contributed by atoms with Crippen molar-refractivity contribution in [2.75, 3.05) is 5.73 Å². The van der Waals surface area contributed by atoms with Gasteiger partial charge in [0.25, 0.3) is 0 Å². The molecule has 0 radical (unpaired) electrons. The van der Waals surface area contributed by atoms with Gasteiger partial charge < -0.3 is 5.73 Å². The molecule has 0 heterocycles. The zero-order valence-electron chi connectivity index (χ0n) is 11.9. The summed E-state index contributed by atoms with van der Waals surface area (Å²) in [6.07, 6.45) is 4.15. The Balaban J connectivity index is 0.000000200. The van der Waals surface area contributed by atoms with Crippen LogP contribution in [0.1, 0.15) is 23.1 Å². The molecule has 0 aliphatic carbocycles. The molecule has 0 amide bonds. The van der Waals surface area contributed by atoms with Gasteiger partial charge in [-0.15, -0.1) is 6.58 Å². The van der Waals surface area contributed by atoms with Crippen molar-refractivity contribution < 1.29 is 0 Å². The molecule has 0 aliphatic rings. The lowest BCUT2D eigenvalue weighted by Crippen LogP contribution is -1.83. The van der Waals surface area contributed by atoms with Crippen LogP contribution in [-0.2, 0) is 6.42 Å². The molecule has 100 valence electrons. The van der Waals surface area contributed by atoms with E-state index in [-0.39, 0.29) is 0 Å². The van der Waals surface area contributed by atoms with E-state index >= 15 is 0 Å². The molecule has 0 aliphatic heterocycles. The molecular weight excluding hydrogens is 230 g/mol. The van der Waals surface area contributed by atoms with Crippen molar-refractivity contribution >= 4 is 5.69 Å². The van der Waals surface area contributed by atoms with E-state index in [9.17, 15) is 0 Å². The molecule has 0 saturated carbocycles. The summed E-state index contributed by atoms with van der Waals surface area (Å²) < 4.78 is 0. The van der Waals surface area contributed by atoms with Crippen molar-refractivity contribution in [3.05, 3.63) is 77.9 Å². The largest absolute Gasteiger partial charge is 0.399 e. The maximum atomic E-state index is 5.46. The highest BCUT2D eigenvalue weighted by Crippen LogP contribution is 2.06. The Kier molecular flexibility index (Phi) is 6.45. The first-order valence-corrected chi connectivity index (χ1v) is 6.60. The summed E-state index contributed by atoms with van der Waals surface area (Å²) in [5.41, 5.74) is 10.3. The Bertz CT molecular complexity index is 497. The van der Waals surface area contributed by atoms with Crippen LogP contribution in [0.2, 0.25) is 0 Å². The Labute approximate surface area is 116 Å². The van der Waals surface area contributed by atoms with E-state index in [4.69, 9.17) is 5.73 Å². The number of rotatable bonds is 3. The Morgan fingerprint density at radius 3 is 2.11 bits per heavy atom. The number of allylic oxidation sites excluding steroid dienone is 1. The lowest BCUT2D eigenvalue weighted by Gasteiger charge is -1.98. The van der Waals surface area contributed by atoms with Crippen molar-refractivity contribution in [3.63, 3.8) is 0 Å². The van der Waals surface area contributed by atoms with Crippen LogP contribution in [0.3, 0.4) is 0 Å². The van der Waals surface area contributed by atoms with E-state index in [0.717, 1.165) is 18.5 Å². The zero-order chi connectivity index (χ0) is 14.1. The van der Waals surface area contributed by atoms with Crippen LogP contribution in [0.15, 0.2) is 61.2 Å². The summed E-state index contributed by atoms with van der Waals surface area (Å²) >= 11 is 0. The summed E-state index contributed by atoms with van der Waals surface area (Å²) in [5, 5.41) is 0. The quantitative estimate of drug-likeness (QED) is 0.623. The van der Waals surface area contributed by atoms with Crippen molar-refractivity contribution in [1.29, 1.82) is 0 Å². The maximum absolute atomic E-state index is 5.46. The van der Waals surface area contributed by atoms with E-state index in [2.05, 4.69) is 37.8 Å². The average molecular weight is 253 g/mol. The topological polar surface area (TPSA) is 26.0 Å². The van der Waals surface area contributed by atoms with Gasteiger partial charge in [-0.25, -0.2) is 0 Å². The molecule has 0 atom stereocenters. The molecular formula is C18H23N. The molecule has 0 unspecified atom stereocenters. The summed E-state index contributed by atoms with van der Waals surface area (Å²) in [4.78, 5) is 0. The lowest BCUT2D eigenvalue weighted by molar-refractivity contribution is 1.00. The van der Waals surface area contributed by atoms with Gasteiger partial charge >= 0.3 is 0 Å². The predicted octanol–water partition coefficient (Wildman–Crippen LogP) is 4.69. The second kappa shape index (κ2) is 8.15. The lowest BCUT2D eigenvalue weighted by atomic mass is 10.1. The highest BCUT2D eigenvalue weighted by Gasteiger charge is 1.89. The number of aryl methyl sites for hydroxylation is 3. The molecule has 1 nitrogen and oxygen atoms in total. The third-order valence-electron chi connectivity index (χ3n) is 2.76. The minimum absolute atomic E-state index is 0.838. The van der Waals surface area contributed by atoms with Crippen LogP contribution in [0.5, 0.6) is 0 Å². The van der Waals surface area contributed by atoms with Gasteiger partial charge in [-0.05, 0) is 49.9 Å². The van der Waals surface area contributed by atoms with Gasteiger partial charge in [-0.3, -0.25) is 0 Å². The van der Waals surface area contributed by atoms with Crippen molar-refractivity contribution in [1.82, 2.24) is 0 Å². The fourth-order valence-corrected chi connectivity index (χ4v) is 1.81. The molecule has 1 heteroatoms. The van der Waals surface area contributed by atoms with E-state index < -0.39 is 0 Å². The predicted molar refractivity (Wildman–Crippen MR) is 85.3 cm³/mol. The van der Waals surface area contributed by atoms with Gasteiger partial charge in [0.1, 0.15) is 0 Å². The summed E-state index contributed by atoms with van der Waals surface area (Å²) in [6, 6.07) is 16.4. The first-order chi connectivity index (χ1) is 9.11. The van der Waals surface area contributed by atoms with Gasteiger partial charge in [0.15, 0.2) is 0 Å². The van der Waals surface area contributed by atoms with Gasteiger partial charge in [-0.2, -0.15) is 0 Å². The SMILES string of the molecule is C=CCCc1cccc(C)c1.Cc1cccc(N)c1. The van der Waals surface area contributed by atoms with E-state index in [1.54, 1.807) is 0 Å². The Morgan fingerprint density at radius 1 is 1.00 bits per heavy atom. The molecule has 0 bridgehead atoms. The zero-order valence-corrected chi connectivity index (χ0v) is 11.9. The monoisotopic (exact) mass is 253 g/mol. The molecule has 2 rings (SSSR count). The highest BCUT2D eigenvalue weighted by atomic mass is 14.5. The third-order valence-corrected chi connectivity index (χ3v) is 2.76.